The fourth-order valence-corrected chi connectivity index (χ4v) is 11.4. The van der Waals surface area contributed by atoms with Gasteiger partial charge in [0.25, 0.3) is 0 Å². The Balaban J connectivity index is 3.21. The molecule has 0 aromatic rings. The molecule has 1 aliphatic rings. The first-order valence-corrected chi connectivity index (χ1v) is 10.9. The van der Waals surface area contributed by atoms with E-state index in [1.807, 2.05) is 0 Å². The lowest BCUT2D eigenvalue weighted by Gasteiger charge is -2.10. The molecule has 0 fully saturated rings. The van der Waals surface area contributed by atoms with Crippen LogP contribution in [0, 0.1) is 0 Å². The zero-order valence-electron chi connectivity index (χ0n) is 7.35. The van der Waals surface area contributed by atoms with Crippen molar-refractivity contribution in [2.75, 3.05) is 6.26 Å². The molecule has 0 spiro atoms. The lowest BCUT2D eigenvalue weighted by Crippen LogP contribution is -2.16. The lowest BCUT2D eigenvalue weighted by molar-refractivity contribution is -0.103. The van der Waals surface area contributed by atoms with Gasteiger partial charge in [0.1, 0.15) is 13.5 Å². The Kier molecular flexibility index (Phi) is 4.34. The minimum atomic E-state index is -4.99. The van der Waals surface area contributed by atoms with Gasteiger partial charge < -0.3 is 0 Å². The van der Waals surface area contributed by atoms with Gasteiger partial charge in [-0.05, 0) is 6.26 Å². The summed E-state index contributed by atoms with van der Waals surface area (Å²) in [4.78, 5) is -3.19. The topological polar surface area (TPSA) is 0 Å². The molecule has 0 unspecified atom stereocenters. The summed E-state index contributed by atoms with van der Waals surface area (Å²) in [5.41, 5.74) is 0. The van der Waals surface area contributed by atoms with Crippen LogP contribution in [0.25, 0.3) is 0 Å². The molecule has 0 radical (unpaired) electrons. The molecule has 0 nitrogen and oxygen atoms in total. The molecule has 0 saturated heterocycles. The predicted molar refractivity (Wildman–Crippen MR) is 62.1 cm³/mol. The third kappa shape index (κ3) is 3.28. The summed E-state index contributed by atoms with van der Waals surface area (Å²) in [6, 6.07) is 0. The van der Waals surface area contributed by atoms with E-state index in [1.165, 1.54) is 6.26 Å². The van der Waals surface area contributed by atoms with Crippen molar-refractivity contribution in [2.45, 2.75) is 12.4 Å². The molecule has 1 rings (SSSR count). The van der Waals surface area contributed by atoms with Crippen molar-refractivity contribution in [1.82, 2.24) is 0 Å². The van der Waals surface area contributed by atoms with E-state index in [4.69, 9.17) is 11.8 Å². The summed E-state index contributed by atoms with van der Waals surface area (Å²) in [6.07, 6.45) is -8.55. The summed E-state index contributed by atoms with van der Waals surface area (Å²) in [7, 11) is 0. The second kappa shape index (κ2) is 4.60. The van der Waals surface area contributed by atoms with Gasteiger partial charge in [-0.15, -0.1) is 11.4 Å². The van der Waals surface area contributed by atoms with E-state index in [9.17, 15) is 26.3 Å². The van der Waals surface area contributed by atoms with Crippen LogP contribution in [0.1, 0.15) is 0 Å². The first-order valence-electron chi connectivity index (χ1n) is 3.43. The zero-order chi connectivity index (χ0) is 12.8. The largest absolute Gasteiger partial charge is 0.423 e. The van der Waals surface area contributed by atoms with Crippen LogP contribution in [-0.4, -0.2) is 18.6 Å². The van der Waals surface area contributed by atoms with Crippen molar-refractivity contribution in [1.29, 1.82) is 0 Å². The predicted octanol–water partition coefficient (Wildman–Crippen LogP) is 5.39. The van der Waals surface area contributed by atoms with Gasteiger partial charge in [0.05, 0.1) is 0 Å². The molecule has 0 atom stereocenters. The first-order chi connectivity index (χ1) is 6.99. The highest BCUT2D eigenvalue weighted by Gasteiger charge is 2.53. The number of halogens is 6. The van der Waals surface area contributed by atoms with Crippen LogP contribution in [0.2, 0.25) is 0 Å². The quantitative estimate of drug-likeness (QED) is 0.465. The van der Waals surface area contributed by atoms with Crippen molar-refractivity contribution >= 4 is 49.6 Å². The Bertz CT molecular complexity index is 338. The molecule has 1 aliphatic heterocycles. The molecule has 11 heteroatoms. The van der Waals surface area contributed by atoms with Gasteiger partial charge in [-0.25, -0.2) is 0 Å². The molecular formula is C5H3F6PS4. The van der Waals surface area contributed by atoms with Gasteiger partial charge in [0, 0.05) is 0 Å². The average Bonchev–Trinajstić information content (AvgIpc) is 2.43. The standard InChI is InChI=1S/C5H3F6PS4/c1-14-12(13)15-2(4(6,7)8)3(16-12)5(9,10)11/h1H3. The summed E-state index contributed by atoms with van der Waals surface area (Å²) < 4.78 is 71.6. The maximum absolute atomic E-state index is 12.4. The molecule has 94 valence electrons. The Morgan fingerprint density at radius 2 is 1.31 bits per heavy atom. The Morgan fingerprint density at radius 1 is 1.00 bits per heavy atom. The minimum Gasteiger partial charge on any atom is -0.166 e. The van der Waals surface area contributed by atoms with Gasteiger partial charge in [-0.1, -0.05) is 34.6 Å². The molecule has 1 heterocycles. The van der Waals surface area contributed by atoms with E-state index in [1.54, 1.807) is 0 Å². The van der Waals surface area contributed by atoms with Crippen LogP contribution in [0.3, 0.4) is 0 Å². The Morgan fingerprint density at radius 3 is 1.50 bits per heavy atom. The molecule has 0 N–H and O–H groups in total. The number of alkyl halides is 6. The molecule has 0 saturated carbocycles. The monoisotopic (exact) mass is 336 g/mol. The molecule has 0 aromatic carbocycles. The maximum Gasteiger partial charge on any atom is 0.423 e. The highest BCUT2D eigenvalue weighted by Crippen LogP contribution is 2.87. The Labute approximate surface area is 104 Å². The third-order valence-corrected chi connectivity index (χ3v) is 15.4. The number of allylic oxidation sites excluding steroid dienone is 2. The smallest absolute Gasteiger partial charge is 0.166 e. The number of hydrogen-bond acceptors (Lipinski definition) is 4. The van der Waals surface area contributed by atoms with Crippen LogP contribution >= 0.6 is 37.8 Å². The maximum atomic E-state index is 12.4. The SMILES string of the molecule is CSP1(=S)SC(C(F)(F)F)=C(C(F)(F)F)S1. The second-order valence-electron chi connectivity index (χ2n) is 2.47. The molecule has 0 aliphatic carbocycles. The van der Waals surface area contributed by atoms with E-state index in [0.29, 0.717) is 0 Å². The van der Waals surface area contributed by atoms with Gasteiger partial charge in [0.2, 0.25) is 0 Å². The third-order valence-electron chi connectivity index (χ3n) is 1.35. The highest BCUT2D eigenvalue weighted by molar-refractivity contribution is 9.24. The summed E-state index contributed by atoms with van der Waals surface area (Å²) in [5.74, 6) is 0. The van der Waals surface area contributed by atoms with Crippen LogP contribution in [-0.2, 0) is 11.8 Å². The average molecular weight is 336 g/mol. The van der Waals surface area contributed by atoms with Crippen molar-refractivity contribution < 1.29 is 26.3 Å². The van der Waals surface area contributed by atoms with Crippen LogP contribution in [0.4, 0.5) is 26.3 Å². The van der Waals surface area contributed by atoms with Crippen LogP contribution in [0.5, 0.6) is 0 Å². The summed E-state index contributed by atoms with van der Waals surface area (Å²) >= 11 is 5.99. The lowest BCUT2D eigenvalue weighted by atomic mass is 10.4. The molecule has 0 aromatic heterocycles. The molecular weight excluding hydrogens is 333 g/mol. The number of rotatable bonds is 1. The first kappa shape index (κ1) is 15.1. The van der Waals surface area contributed by atoms with Crippen molar-refractivity contribution in [3.63, 3.8) is 0 Å². The minimum absolute atomic E-state index is 0.141. The van der Waals surface area contributed by atoms with Crippen molar-refractivity contribution in [2.24, 2.45) is 0 Å². The van der Waals surface area contributed by atoms with Gasteiger partial charge in [-0.3, -0.25) is 0 Å². The molecule has 0 amide bonds. The highest BCUT2D eigenvalue weighted by atomic mass is 33.5. The summed E-state index contributed by atoms with van der Waals surface area (Å²) in [5, 5.41) is 0. The zero-order valence-corrected chi connectivity index (χ0v) is 11.5. The summed E-state index contributed by atoms with van der Waals surface area (Å²) in [6.45, 7) is 0. The van der Waals surface area contributed by atoms with E-state index in [0.717, 1.165) is 11.4 Å². The van der Waals surface area contributed by atoms with Gasteiger partial charge in [0.15, 0.2) is 0 Å². The Hall–Kier alpha value is 1.02. The normalized spacial score (nSPS) is 21.7. The molecule has 0 bridgehead atoms. The van der Waals surface area contributed by atoms with E-state index in [-0.39, 0.29) is 22.8 Å². The van der Waals surface area contributed by atoms with E-state index in [2.05, 4.69) is 0 Å². The van der Waals surface area contributed by atoms with Crippen molar-refractivity contribution in [3.05, 3.63) is 9.81 Å². The van der Waals surface area contributed by atoms with Crippen LogP contribution < -0.4 is 0 Å². The number of hydrogen-bond donors (Lipinski definition) is 0. The van der Waals surface area contributed by atoms with E-state index < -0.39 is 25.8 Å². The molecule has 16 heavy (non-hydrogen) atoms. The van der Waals surface area contributed by atoms with E-state index >= 15 is 0 Å². The van der Waals surface area contributed by atoms with Gasteiger partial charge in [-0.2, -0.15) is 26.3 Å². The van der Waals surface area contributed by atoms with Gasteiger partial charge >= 0.3 is 12.4 Å². The van der Waals surface area contributed by atoms with Crippen molar-refractivity contribution in [3.8, 4) is 0 Å². The fraction of sp³-hybridized carbons (Fsp3) is 0.600. The fourth-order valence-electron chi connectivity index (χ4n) is 0.761. The second-order valence-corrected chi connectivity index (χ2v) is 17.8. The van der Waals surface area contributed by atoms with Crippen LogP contribution in [0.15, 0.2) is 9.81 Å².